The highest BCUT2D eigenvalue weighted by atomic mass is 16.5. The van der Waals surface area contributed by atoms with Gasteiger partial charge in [0, 0.05) is 51.5 Å². The Morgan fingerprint density at radius 2 is 1.60 bits per heavy atom. The van der Waals surface area contributed by atoms with E-state index in [1.165, 1.54) is 0 Å². The molecular formula is C24H31N3O3. The second kappa shape index (κ2) is 9.65. The average Bonchev–Trinajstić information content (AvgIpc) is 3.00. The maximum atomic E-state index is 12.9. The first kappa shape index (κ1) is 21.7. The Bertz CT molecular complexity index is 893. The number of amides is 2. The normalized spacial score (nSPS) is 14.3. The number of benzene rings is 2. The molecule has 1 aliphatic heterocycles. The molecular weight excluding hydrogens is 378 g/mol. The Hall–Kier alpha value is -3.02. The maximum Gasteiger partial charge on any atom is 0.260 e. The van der Waals surface area contributed by atoms with Crippen LogP contribution in [0, 0.1) is 13.8 Å². The molecule has 6 nitrogen and oxygen atoms in total. The van der Waals surface area contributed by atoms with Crippen molar-refractivity contribution in [3.63, 3.8) is 0 Å². The number of rotatable bonds is 5. The third kappa shape index (κ3) is 5.12. The van der Waals surface area contributed by atoms with Crippen molar-refractivity contribution in [1.29, 1.82) is 0 Å². The lowest BCUT2D eigenvalue weighted by atomic mass is 10.1. The van der Waals surface area contributed by atoms with Gasteiger partial charge in [-0.1, -0.05) is 12.1 Å². The molecule has 0 radical (unpaired) electrons. The van der Waals surface area contributed by atoms with Gasteiger partial charge in [0.1, 0.15) is 5.75 Å². The molecule has 0 saturated carbocycles. The van der Waals surface area contributed by atoms with E-state index in [4.69, 9.17) is 4.74 Å². The topological polar surface area (TPSA) is 53.1 Å². The molecule has 0 unspecified atom stereocenters. The molecule has 0 aromatic heterocycles. The number of anilines is 1. The van der Waals surface area contributed by atoms with Crippen LogP contribution in [0.3, 0.4) is 0 Å². The minimum Gasteiger partial charge on any atom is -0.483 e. The van der Waals surface area contributed by atoms with Crippen LogP contribution in [0.1, 0.15) is 27.9 Å². The molecule has 1 heterocycles. The number of hydrogen-bond donors (Lipinski definition) is 0. The minimum atomic E-state index is -0.0412. The second-order valence-electron chi connectivity index (χ2n) is 7.95. The van der Waals surface area contributed by atoms with Crippen molar-refractivity contribution in [2.24, 2.45) is 0 Å². The lowest BCUT2D eigenvalue weighted by Crippen LogP contribution is -2.39. The van der Waals surface area contributed by atoms with Crippen molar-refractivity contribution in [2.45, 2.75) is 20.3 Å². The maximum absolute atomic E-state index is 12.9. The summed E-state index contributed by atoms with van der Waals surface area (Å²) in [4.78, 5) is 31.2. The Labute approximate surface area is 179 Å². The summed E-state index contributed by atoms with van der Waals surface area (Å²) in [5.41, 5.74) is 3.93. The Morgan fingerprint density at radius 1 is 0.933 bits per heavy atom. The smallest absolute Gasteiger partial charge is 0.260 e. The van der Waals surface area contributed by atoms with Gasteiger partial charge >= 0.3 is 0 Å². The Morgan fingerprint density at radius 3 is 2.30 bits per heavy atom. The lowest BCUT2D eigenvalue weighted by Gasteiger charge is -2.23. The van der Waals surface area contributed by atoms with Gasteiger partial charge in [0.25, 0.3) is 11.8 Å². The van der Waals surface area contributed by atoms with Crippen LogP contribution < -0.4 is 9.64 Å². The van der Waals surface area contributed by atoms with Crippen molar-refractivity contribution in [1.82, 2.24) is 9.80 Å². The third-order valence-electron chi connectivity index (χ3n) is 5.67. The highest BCUT2D eigenvalue weighted by Gasteiger charge is 2.23. The van der Waals surface area contributed by atoms with E-state index in [1.807, 2.05) is 80.2 Å². The quantitative estimate of drug-likeness (QED) is 0.761. The molecule has 160 valence electrons. The SMILES string of the molecule is Cc1cccc(OCC(=O)N2CCCN(C(=O)c3ccc(N(C)C)cc3)CC2)c1C. The molecule has 0 N–H and O–H groups in total. The first-order chi connectivity index (χ1) is 14.4. The predicted octanol–water partition coefficient (Wildman–Crippen LogP) is 3.12. The summed E-state index contributed by atoms with van der Waals surface area (Å²) in [5.74, 6) is 0.720. The van der Waals surface area contributed by atoms with Crippen LogP contribution in [0.5, 0.6) is 5.75 Å². The van der Waals surface area contributed by atoms with E-state index in [9.17, 15) is 9.59 Å². The molecule has 2 aromatic carbocycles. The van der Waals surface area contributed by atoms with Gasteiger partial charge in [0.05, 0.1) is 0 Å². The van der Waals surface area contributed by atoms with Crippen molar-refractivity contribution in [3.05, 3.63) is 59.2 Å². The molecule has 2 amide bonds. The van der Waals surface area contributed by atoms with Crippen molar-refractivity contribution < 1.29 is 14.3 Å². The molecule has 6 heteroatoms. The number of carbonyl (C=O) groups excluding carboxylic acids is 2. The molecule has 2 aromatic rings. The van der Waals surface area contributed by atoms with Crippen LogP contribution in [0.4, 0.5) is 5.69 Å². The average molecular weight is 410 g/mol. The van der Waals surface area contributed by atoms with Crippen LogP contribution in [-0.4, -0.2) is 68.5 Å². The second-order valence-corrected chi connectivity index (χ2v) is 7.95. The van der Waals surface area contributed by atoms with Crippen LogP contribution >= 0.6 is 0 Å². The van der Waals surface area contributed by atoms with E-state index >= 15 is 0 Å². The van der Waals surface area contributed by atoms with Crippen LogP contribution in [-0.2, 0) is 4.79 Å². The summed E-state index contributed by atoms with van der Waals surface area (Å²) in [6, 6.07) is 13.5. The van der Waals surface area contributed by atoms with E-state index in [2.05, 4.69) is 0 Å². The first-order valence-corrected chi connectivity index (χ1v) is 10.4. The molecule has 0 atom stereocenters. The fourth-order valence-electron chi connectivity index (χ4n) is 3.57. The zero-order valence-electron chi connectivity index (χ0n) is 18.4. The van der Waals surface area contributed by atoms with Gasteiger partial charge in [0.2, 0.25) is 0 Å². The number of carbonyl (C=O) groups is 2. The van der Waals surface area contributed by atoms with Crippen LogP contribution in [0.25, 0.3) is 0 Å². The molecule has 3 rings (SSSR count). The van der Waals surface area contributed by atoms with Crippen LogP contribution in [0.15, 0.2) is 42.5 Å². The molecule has 0 aliphatic carbocycles. The molecule has 30 heavy (non-hydrogen) atoms. The molecule has 1 saturated heterocycles. The van der Waals surface area contributed by atoms with Gasteiger partial charge in [-0.05, 0) is 61.7 Å². The largest absolute Gasteiger partial charge is 0.483 e. The summed E-state index contributed by atoms with van der Waals surface area (Å²) in [6.45, 7) is 6.38. The summed E-state index contributed by atoms with van der Waals surface area (Å²) in [5, 5.41) is 0. The molecule has 0 spiro atoms. The lowest BCUT2D eigenvalue weighted by molar-refractivity contribution is -0.133. The summed E-state index contributed by atoms with van der Waals surface area (Å²) in [7, 11) is 3.95. The van der Waals surface area contributed by atoms with Gasteiger partial charge in [-0.25, -0.2) is 0 Å². The van der Waals surface area contributed by atoms with Gasteiger partial charge < -0.3 is 19.4 Å². The highest BCUT2D eigenvalue weighted by Crippen LogP contribution is 2.21. The minimum absolute atomic E-state index is 0.0150. The standard InChI is InChI=1S/C24H31N3O3/c1-18-7-5-8-22(19(18)2)30-17-23(28)26-13-6-14-27(16-15-26)24(29)20-9-11-21(12-10-20)25(3)4/h5,7-12H,6,13-17H2,1-4H3. The fourth-order valence-corrected chi connectivity index (χ4v) is 3.57. The number of hydrogen-bond acceptors (Lipinski definition) is 4. The number of aryl methyl sites for hydroxylation is 1. The van der Waals surface area contributed by atoms with Gasteiger partial charge in [-0.2, -0.15) is 0 Å². The zero-order valence-corrected chi connectivity index (χ0v) is 18.4. The fraction of sp³-hybridized carbons (Fsp3) is 0.417. The summed E-state index contributed by atoms with van der Waals surface area (Å²) < 4.78 is 5.77. The zero-order chi connectivity index (χ0) is 21.7. The van der Waals surface area contributed by atoms with Gasteiger partial charge in [-0.15, -0.1) is 0 Å². The number of nitrogens with zero attached hydrogens (tertiary/aromatic N) is 3. The van der Waals surface area contributed by atoms with Crippen LogP contribution in [0.2, 0.25) is 0 Å². The molecule has 1 aliphatic rings. The summed E-state index contributed by atoms with van der Waals surface area (Å²) >= 11 is 0. The van der Waals surface area contributed by atoms with Gasteiger partial charge in [-0.3, -0.25) is 9.59 Å². The summed E-state index contributed by atoms with van der Waals surface area (Å²) in [6.07, 6.45) is 0.761. The monoisotopic (exact) mass is 409 g/mol. The van der Waals surface area contributed by atoms with Crippen molar-refractivity contribution in [3.8, 4) is 5.75 Å². The highest BCUT2D eigenvalue weighted by molar-refractivity contribution is 5.94. The molecule has 0 bridgehead atoms. The third-order valence-corrected chi connectivity index (χ3v) is 5.67. The number of ether oxygens (including phenoxy) is 1. The van der Waals surface area contributed by atoms with E-state index in [0.717, 1.165) is 29.0 Å². The van der Waals surface area contributed by atoms with Crippen molar-refractivity contribution in [2.75, 3.05) is 51.8 Å². The predicted molar refractivity (Wildman–Crippen MR) is 119 cm³/mol. The van der Waals surface area contributed by atoms with Gasteiger partial charge in [0.15, 0.2) is 6.61 Å². The van der Waals surface area contributed by atoms with E-state index < -0.39 is 0 Å². The Balaban J connectivity index is 1.55. The first-order valence-electron chi connectivity index (χ1n) is 10.4. The van der Waals surface area contributed by atoms with E-state index in [1.54, 1.807) is 4.90 Å². The van der Waals surface area contributed by atoms with E-state index in [-0.39, 0.29) is 18.4 Å². The van der Waals surface area contributed by atoms with E-state index in [0.29, 0.717) is 31.7 Å². The Kier molecular flexibility index (Phi) is 6.98. The van der Waals surface area contributed by atoms with Crippen molar-refractivity contribution >= 4 is 17.5 Å². The molecule has 1 fully saturated rings.